The smallest absolute Gasteiger partial charge is 0.242 e. The van der Waals surface area contributed by atoms with Crippen LogP contribution in [-0.4, -0.2) is 22.0 Å². The molecule has 21 heavy (non-hydrogen) atoms. The Bertz CT molecular complexity index is 738. The lowest BCUT2D eigenvalue weighted by atomic mass is 10.2. The van der Waals surface area contributed by atoms with Crippen LogP contribution in [0.5, 0.6) is 0 Å². The van der Waals surface area contributed by atoms with E-state index in [1.807, 2.05) is 13.8 Å². The normalized spacial score (nSPS) is 12.9. The van der Waals surface area contributed by atoms with Gasteiger partial charge in [0.15, 0.2) is 4.77 Å². The average molecular weight is 374 g/mol. The van der Waals surface area contributed by atoms with Crippen LogP contribution >= 0.6 is 28.1 Å². The fourth-order valence-electron chi connectivity index (χ4n) is 2.07. The van der Waals surface area contributed by atoms with Gasteiger partial charge in [0.25, 0.3) is 0 Å². The van der Waals surface area contributed by atoms with Crippen molar-refractivity contribution in [3.8, 4) is 0 Å². The van der Waals surface area contributed by atoms with Gasteiger partial charge in [-0.1, -0.05) is 13.8 Å². The molecule has 1 aromatic heterocycles. The molecular weight excluding hydrogens is 357 g/mol. The highest BCUT2D eigenvalue weighted by molar-refractivity contribution is 9.10. The van der Waals surface area contributed by atoms with Crippen molar-refractivity contribution in [3.63, 3.8) is 0 Å². The van der Waals surface area contributed by atoms with E-state index in [2.05, 4.69) is 26.2 Å². The number of benzene rings is 1. The zero-order valence-electron chi connectivity index (χ0n) is 12.0. The van der Waals surface area contributed by atoms with Crippen LogP contribution in [0.3, 0.4) is 0 Å². The van der Waals surface area contributed by atoms with Crippen LogP contribution in [0.25, 0.3) is 11.0 Å². The van der Waals surface area contributed by atoms with Crippen molar-refractivity contribution >= 4 is 45.1 Å². The Hall–Kier alpha value is -1.21. The Morgan fingerprint density at radius 3 is 2.76 bits per heavy atom. The van der Waals surface area contributed by atoms with Gasteiger partial charge in [-0.3, -0.25) is 4.79 Å². The summed E-state index contributed by atoms with van der Waals surface area (Å²) in [7, 11) is 0. The van der Waals surface area contributed by atoms with Crippen molar-refractivity contribution in [3.05, 3.63) is 27.2 Å². The Kier molecular flexibility index (Phi) is 4.83. The number of amides is 1. The number of nitrogens with zero attached hydrogens (tertiary/aromatic N) is 1. The summed E-state index contributed by atoms with van der Waals surface area (Å²) < 4.78 is 16.0. The Labute approximate surface area is 135 Å². The highest BCUT2D eigenvalue weighted by Crippen LogP contribution is 2.25. The monoisotopic (exact) mass is 373 g/mol. The summed E-state index contributed by atoms with van der Waals surface area (Å²) in [5.74, 6) is -0.107. The van der Waals surface area contributed by atoms with E-state index in [0.717, 1.165) is 0 Å². The van der Waals surface area contributed by atoms with Crippen molar-refractivity contribution < 1.29 is 9.18 Å². The molecule has 2 rings (SSSR count). The van der Waals surface area contributed by atoms with Crippen molar-refractivity contribution in [2.75, 3.05) is 6.54 Å². The molecular formula is C14H17BrFN3OS. The molecule has 1 amide bonds. The van der Waals surface area contributed by atoms with Gasteiger partial charge in [0.2, 0.25) is 5.91 Å². The molecule has 1 aromatic carbocycles. The number of rotatable bonds is 4. The first-order valence-corrected chi connectivity index (χ1v) is 7.88. The number of fused-ring (bicyclic) bond motifs is 1. The Morgan fingerprint density at radius 2 is 2.14 bits per heavy atom. The first-order valence-electron chi connectivity index (χ1n) is 6.68. The number of H-pyrrole nitrogens is 1. The maximum absolute atomic E-state index is 13.6. The zero-order chi connectivity index (χ0) is 15.7. The maximum atomic E-state index is 13.6. The van der Waals surface area contributed by atoms with Crippen LogP contribution in [-0.2, 0) is 4.79 Å². The number of hydrogen-bond donors (Lipinski definition) is 2. The quantitative estimate of drug-likeness (QED) is 0.797. The third-order valence-electron chi connectivity index (χ3n) is 3.21. The molecule has 0 spiro atoms. The summed E-state index contributed by atoms with van der Waals surface area (Å²) in [6, 6.07) is 2.52. The lowest BCUT2D eigenvalue weighted by Gasteiger charge is -2.16. The minimum atomic E-state index is -0.470. The summed E-state index contributed by atoms with van der Waals surface area (Å²) in [6.45, 7) is 6.44. The van der Waals surface area contributed by atoms with Crippen molar-refractivity contribution in [1.29, 1.82) is 0 Å². The van der Waals surface area contributed by atoms with E-state index in [4.69, 9.17) is 12.2 Å². The second kappa shape index (κ2) is 6.27. The lowest BCUT2D eigenvalue weighted by Crippen LogP contribution is -2.33. The van der Waals surface area contributed by atoms with Crippen LogP contribution in [0.15, 0.2) is 16.6 Å². The second-order valence-electron chi connectivity index (χ2n) is 5.40. The van der Waals surface area contributed by atoms with Gasteiger partial charge in [0, 0.05) is 12.6 Å². The van der Waals surface area contributed by atoms with Gasteiger partial charge in [0.05, 0.1) is 15.5 Å². The van der Waals surface area contributed by atoms with Crippen LogP contribution < -0.4 is 5.32 Å². The van der Waals surface area contributed by atoms with E-state index < -0.39 is 6.04 Å². The topological polar surface area (TPSA) is 49.8 Å². The van der Waals surface area contributed by atoms with E-state index in [1.165, 1.54) is 6.07 Å². The minimum Gasteiger partial charge on any atom is -0.354 e. The number of carbonyl (C=O) groups excluding carboxylic acids is 1. The summed E-state index contributed by atoms with van der Waals surface area (Å²) in [5, 5.41) is 2.88. The number of hydrogen-bond acceptors (Lipinski definition) is 2. The standard InChI is InChI=1S/C14H17BrFN3OS/c1-7(2)6-17-13(20)8(3)19-12-4-9(15)10(16)5-11(12)18-14(19)21/h4-5,7-8H,6H2,1-3H3,(H,17,20)(H,18,21). The molecule has 4 nitrogen and oxygen atoms in total. The van der Waals surface area contributed by atoms with E-state index in [1.54, 1.807) is 17.6 Å². The molecule has 0 saturated carbocycles. The Balaban J connectivity index is 2.41. The summed E-state index contributed by atoms with van der Waals surface area (Å²) in [4.78, 5) is 15.1. The SMILES string of the molecule is CC(C)CNC(=O)C(C)n1c(=S)[nH]c2cc(F)c(Br)cc21. The molecule has 0 saturated heterocycles. The maximum Gasteiger partial charge on any atom is 0.242 e. The van der Waals surface area contributed by atoms with Gasteiger partial charge in [-0.15, -0.1) is 0 Å². The molecule has 0 aliphatic heterocycles. The summed E-state index contributed by atoms with van der Waals surface area (Å²) >= 11 is 8.42. The number of nitrogens with one attached hydrogen (secondary N) is 2. The van der Waals surface area contributed by atoms with Crippen LogP contribution in [0.1, 0.15) is 26.8 Å². The highest BCUT2D eigenvalue weighted by Gasteiger charge is 2.19. The molecule has 1 atom stereocenters. The largest absolute Gasteiger partial charge is 0.354 e. The number of halogens is 2. The molecule has 0 fully saturated rings. The van der Waals surface area contributed by atoms with Gasteiger partial charge < -0.3 is 14.9 Å². The van der Waals surface area contributed by atoms with Gasteiger partial charge in [0.1, 0.15) is 11.9 Å². The molecule has 114 valence electrons. The molecule has 0 aliphatic rings. The fraction of sp³-hybridized carbons (Fsp3) is 0.429. The van der Waals surface area contributed by atoms with E-state index in [0.29, 0.717) is 32.7 Å². The number of aromatic amines is 1. The summed E-state index contributed by atoms with van der Waals surface area (Å²) in [5.41, 5.74) is 1.27. The lowest BCUT2D eigenvalue weighted by molar-refractivity contribution is -0.123. The molecule has 0 radical (unpaired) electrons. The van der Waals surface area contributed by atoms with Crippen LogP contribution in [0.4, 0.5) is 4.39 Å². The predicted octanol–water partition coefficient (Wildman–Crippen LogP) is 3.93. The zero-order valence-corrected chi connectivity index (χ0v) is 14.4. The average Bonchev–Trinajstić information content (AvgIpc) is 2.71. The van der Waals surface area contributed by atoms with E-state index in [-0.39, 0.29) is 11.7 Å². The van der Waals surface area contributed by atoms with Gasteiger partial charge >= 0.3 is 0 Å². The molecule has 1 heterocycles. The molecule has 7 heteroatoms. The third-order valence-corrected chi connectivity index (χ3v) is 4.12. The van der Waals surface area contributed by atoms with Gasteiger partial charge in [-0.2, -0.15) is 0 Å². The predicted molar refractivity (Wildman–Crippen MR) is 87.3 cm³/mol. The summed E-state index contributed by atoms with van der Waals surface area (Å²) in [6.07, 6.45) is 0. The highest BCUT2D eigenvalue weighted by atomic mass is 79.9. The molecule has 0 bridgehead atoms. The Morgan fingerprint density at radius 1 is 1.48 bits per heavy atom. The number of carbonyl (C=O) groups is 1. The van der Waals surface area contributed by atoms with Gasteiger partial charge in [-0.25, -0.2) is 4.39 Å². The van der Waals surface area contributed by atoms with Crippen molar-refractivity contribution in [2.45, 2.75) is 26.8 Å². The van der Waals surface area contributed by atoms with E-state index >= 15 is 0 Å². The van der Waals surface area contributed by atoms with Gasteiger partial charge in [-0.05, 0) is 47.1 Å². The number of aromatic nitrogens is 2. The minimum absolute atomic E-state index is 0.110. The fourth-order valence-corrected chi connectivity index (χ4v) is 2.77. The van der Waals surface area contributed by atoms with Crippen molar-refractivity contribution in [2.24, 2.45) is 5.92 Å². The third kappa shape index (κ3) is 3.35. The first-order chi connectivity index (χ1) is 9.81. The molecule has 2 aromatic rings. The second-order valence-corrected chi connectivity index (χ2v) is 6.64. The van der Waals surface area contributed by atoms with Crippen molar-refractivity contribution in [1.82, 2.24) is 14.9 Å². The molecule has 1 unspecified atom stereocenters. The molecule has 0 aliphatic carbocycles. The van der Waals surface area contributed by atoms with E-state index in [9.17, 15) is 9.18 Å². The van der Waals surface area contributed by atoms with Crippen LogP contribution in [0.2, 0.25) is 0 Å². The van der Waals surface area contributed by atoms with Crippen LogP contribution in [0, 0.1) is 16.5 Å². The molecule has 2 N–H and O–H groups in total. The number of imidazole rings is 1. The first kappa shape index (κ1) is 16.2.